The normalized spacial score (nSPS) is 11.0. The number of hydrogen-bond donors (Lipinski definition) is 1. The SMILES string of the molecule is Cc1cc(C(=O)CSc2nnc(Nc3cccc(F)c3)s2)c(C)n1-c1nccs1. The van der Waals surface area contributed by atoms with Crippen molar-refractivity contribution in [2.75, 3.05) is 11.1 Å². The molecule has 0 bridgehead atoms. The summed E-state index contributed by atoms with van der Waals surface area (Å²) in [5.41, 5.74) is 3.15. The van der Waals surface area contributed by atoms with Crippen LogP contribution >= 0.6 is 34.4 Å². The van der Waals surface area contributed by atoms with Crippen molar-refractivity contribution in [3.05, 3.63) is 64.7 Å². The van der Waals surface area contributed by atoms with Gasteiger partial charge in [-0.25, -0.2) is 9.37 Å². The molecular weight excluding hydrogens is 429 g/mol. The van der Waals surface area contributed by atoms with E-state index in [0.717, 1.165) is 16.5 Å². The van der Waals surface area contributed by atoms with E-state index in [1.807, 2.05) is 29.9 Å². The quantitative estimate of drug-likeness (QED) is 0.309. The van der Waals surface area contributed by atoms with Crippen LogP contribution in [0.4, 0.5) is 15.2 Å². The number of ketones is 1. The van der Waals surface area contributed by atoms with E-state index < -0.39 is 0 Å². The van der Waals surface area contributed by atoms with Gasteiger partial charge in [0.25, 0.3) is 0 Å². The molecule has 0 fully saturated rings. The smallest absolute Gasteiger partial charge is 0.210 e. The van der Waals surface area contributed by atoms with Gasteiger partial charge in [-0.3, -0.25) is 9.36 Å². The van der Waals surface area contributed by atoms with Crippen LogP contribution in [-0.2, 0) is 0 Å². The molecule has 3 aromatic heterocycles. The molecule has 0 aliphatic carbocycles. The molecule has 0 aliphatic heterocycles. The first-order valence-electron chi connectivity index (χ1n) is 8.62. The van der Waals surface area contributed by atoms with Crippen molar-refractivity contribution in [3.8, 4) is 5.13 Å². The number of benzene rings is 1. The Morgan fingerprint density at radius 1 is 1.28 bits per heavy atom. The molecule has 0 radical (unpaired) electrons. The third-order valence-corrected chi connectivity index (χ3v) is 6.88. The first-order valence-corrected chi connectivity index (χ1v) is 11.3. The zero-order valence-electron chi connectivity index (χ0n) is 15.5. The van der Waals surface area contributed by atoms with Gasteiger partial charge in [0.2, 0.25) is 5.13 Å². The number of halogens is 1. The third-order valence-electron chi connectivity index (χ3n) is 4.15. The number of aryl methyl sites for hydroxylation is 1. The van der Waals surface area contributed by atoms with Gasteiger partial charge in [-0.2, -0.15) is 0 Å². The van der Waals surface area contributed by atoms with Gasteiger partial charge < -0.3 is 5.32 Å². The second-order valence-electron chi connectivity index (χ2n) is 6.16. The van der Waals surface area contributed by atoms with E-state index in [0.29, 0.717) is 20.7 Å². The third kappa shape index (κ3) is 4.39. The fourth-order valence-corrected chi connectivity index (χ4v) is 5.29. The Kier molecular flexibility index (Phi) is 5.74. The van der Waals surface area contributed by atoms with Crippen molar-refractivity contribution in [3.63, 3.8) is 0 Å². The number of carbonyl (C=O) groups excluding carboxylic acids is 1. The maximum atomic E-state index is 13.3. The number of anilines is 2. The summed E-state index contributed by atoms with van der Waals surface area (Å²) in [4.78, 5) is 17.1. The molecule has 4 aromatic rings. The molecule has 6 nitrogen and oxygen atoms in total. The molecule has 1 N–H and O–H groups in total. The van der Waals surface area contributed by atoms with E-state index in [9.17, 15) is 9.18 Å². The second-order valence-corrected chi connectivity index (χ2v) is 9.23. The molecule has 0 spiro atoms. The fourth-order valence-electron chi connectivity index (χ4n) is 2.88. The minimum absolute atomic E-state index is 0.0285. The predicted molar refractivity (Wildman–Crippen MR) is 116 cm³/mol. The Hall–Kier alpha value is -2.56. The van der Waals surface area contributed by atoms with Gasteiger partial charge in [-0.1, -0.05) is 29.2 Å². The zero-order valence-corrected chi connectivity index (χ0v) is 18.0. The van der Waals surface area contributed by atoms with Gasteiger partial charge >= 0.3 is 0 Å². The number of carbonyl (C=O) groups is 1. The summed E-state index contributed by atoms with van der Waals surface area (Å²) in [6.45, 7) is 3.89. The van der Waals surface area contributed by atoms with Gasteiger partial charge in [0.15, 0.2) is 15.3 Å². The highest BCUT2D eigenvalue weighted by Gasteiger charge is 2.18. The van der Waals surface area contributed by atoms with Gasteiger partial charge in [0, 0.05) is 34.2 Å². The van der Waals surface area contributed by atoms with Crippen LogP contribution in [0.2, 0.25) is 0 Å². The van der Waals surface area contributed by atoms with Crippen molar-refractivity contribution in [1.29, 1.82) is 0 Å². The van der Waals surface area contributed by atoms with Crippen molar-refractivity contribution < 1.29 is 9.18 Å². The summed E-state index contributed by atoms with van der Waals surface area (Å²) < 4.78 is 15.9. The molecule has 0 unspecified atom stereocenters. The molecule has 1 aromatic carbocycles. The molecule has 4 rings (SSSR count). The molecule has 10 heteroatoms. The molecule has 29 heavy (non-hydrogen) atoms. The van der Waals surface area contributed by atoms with Gasteiger partial charge in [0.05, 0.1) is 5.75 Å². The van der Waals surface area contributed by atoms with Crippen LogP contribution < -0.4 is 5.32 Å². The Bertz CT molecular complexity index is 1150. The minimum atomic E-state index is -0.324. The van der Waals surface area contributed by atoms with E-state index >= 15 is 0 Å². The van der Waals surface area contributed by atoms with E-state index in [-0.39, 0.29) is 17.4 Å². The Labute approximate surface area is 178 Å². The van der Waals surface area contributed by atoms with Gasteiger partial charge in [0.1, 0.15) is 5.82 Å². The number of thioether (sulfide) groups is 1. The van der Waals surface area contributed by atoms with Crippen LogP contribution in [0.5, 0.6) is 0 Å². The molecule has 3 heterocycles. The highest BCUT2D eigenvalue weighted by atomic mass is 32.2. The molecule has 0 aliphatic rings. The van der Waals surface area contributed by atoms with Crippen LogP contribution in [0.25, 0.3) is 5.13 Å². The number of nitrogens with one attached hydrogen (secondary N) is 1. The first kappa shape index (κ1) is 19.7. The van der Waals surface area contributed by atoms with E-state index in [2.05, 4.69) is 20.5 Å². The van der Waals surface area contributed by atoms with Crippen LogP contribution in [-0.4, -0.2) is 31.3 Å². The average molecular weight is 446 g/mol. The van der Waals surface area contributed by atoms with Crippen molar-refractivity contribution in [2.45, 2.75) is 18.2 Å². The number of hydrogen-bond acceptors (Lipinski definition) is 8. The largest absolute Gasteiger partial charge is 0.330 e. The first-order chi connectivity index (χ1) is 14.0. The highest BCUT2D eigenvalue weighted by Crippen LogP contribution is 2.29. The molecule has 0 atom stereocenters. The Morgan fingerprint density at radius 3 is 2.90 bits per heavy atom. The average Bonchev–Trinajstić information content (AvgIpc) is 3.41. The highest BCUT2D eigenvalue weighted by molar-refractivity contribution is 8.01. The van der Waals surface area contributed by atoms with Crippen molar-refractivity contribution in [1.82, 2.24) is 19.7 Å². The lowest BCUT2D eigenvalue weighted by atomic mass is 10.2. The summed E-state index contributed by atoms with van der Waals surface area (Å²) in [5.74, 6) is -0.0349. The molecule has 0 amide bonds. The lowest BCUT2D eigenvalue weighted by Crippen LogP contribution is -2.05. The number of Topliss-reactive ketones (excluding diaryl/α,β-unsaturated/α-hetero) is 1. The molecule has 148 valence electrons. The van der Waals surface area contributed by atoms with Crippen LogP contribution in [0, 0.1) is 19.7 Å². The molecule has 0 saturated heterocycles. The van der Waals surface area contributed by atoms with Crippen LogP contribution in [0.1, 0.15) is 21.7 Å². The van der Waals surface area contributed by atoms with E-state index in [1.54, 1.807) is 18.3 Å². The van der Waals surface area contributed by atoms with Crippen LogP contribution in [0.3, 0.4) is 0 Å². The summed E-state index contributed by atoms with van der Waals surface area (Å²) in [7, 11) is 0. The standard InChI is InChI=1S/C19H16FN5OS3/c1-11-8-15(12(2)25(11)18-21-6-7-27-18)16(26)10-28-19-24-23-17(29-19)22-14-5-3-4-13(20)9-14/h3-9H,10H2,1-2H3,(H,22,23). The lowest BCUT2D eigenvalue weighted by molar-refractivity contribution is 0.102. The number of rotatable bonds is 7. The number of thiazole rings is 1. The molecular formula is C19H16FN5OS3. The fraction of sp³-hybridized carbons (Fsp3) is 0.158. The number of nitrogens with zero attached hydrogens (tertiary/aromatic N) is 4. The van der Waals surface area contributed by atoms with E-state index in [4.69, 9.17) is 0 Å². The van der Waals surface area contributed by atoms with Gasteiger partial charge in [-0.15, -0.1) is 21.5 Å². The topological polar surface area (TPSA) is 72.7 Å². The summed E-state index contributed by atoms with van der Waals surface area (Å²) in [6.07, 6.45) is 1.75. The molecule has 0 saturated carbocycles. The Balaban J connectivity index is 1.42. The maximum Gasteiger partial charge on any atom is 0.210 e. The van der Waals surface area contributed by atoms with Gasteiger partial charge in [-0.05, 0) is 38.1 Å². The zero-order chi connectivity index (χ0) is 20.4. The summed E-state index contributed by atoms with van der Waals surface area (Å²) >= 11 is 4.19. The predicted octanol–water partition coefficient (Wildman–Crippen LogP) is 5.26. The van der Waals surface area contributed by atoms with E-state index in [1.165, 1.54) is 46.6 Å². The maximum absolute atomic E-state index is 13.3. The second kappa shape index (κ2) is 8.44. The number of aromatic nitrogens is 4. The summed E-state index contributed by atoms with van der Waals surface area (Å²) in [6, 6.07) is 8.03. The van der Waals surface area contributed by atoms with Crippen LogP contribution in [0.15, 0.2) is 46.2 Å². The van der Waals surface area contributed by atoms with Crippen molar-refractivity contribution >= 4 is 51.0 Å². The Morgan fingerprint density at radius 2 is 2.14 bits per heavy atom. The monoisotopic (exact) mass is 445 g/mol. The summed E-state index contributed by atoms with van der Waals surface area (Å²) in [5, 5.41) is 14.5. The van der Waals surface area contributed by atoms with Crippen molar-refractivity contribution in [2.24, 2.45) is 0 Å². The lowest BCUT2D eigenvalue weighted by Gasteiger charge is -2.05. The minimum Gasteiger partial charge on any atom is -0.330 e.